The lowest BCUT2D eigenvalue weighted by Crippen LogP contribution is -2.10. The molecule has 10 aromatic rings. The SMILES string of the molecule is c1ccc(-c2cccc(N(c3ccc(-c4cc(-n5c6ccccc6c6ccccc65)cc5ccccc45)cc3)c3cccc4ccccc34)c2)cc1. The molecule has 2 heteroatoms. The van der Waals surface area contributed by atoms with Crippen molar-refractivity contribution in [2.45, 2.75) is 0 Å². The average molecular weight is 663 g/mol. The summed E-state index contributed by atoms with van der Waals surface area (Å²) in [4.78, 5) is 2.39. The van der Waals surface area contributed by atoms with E-state index in [0.717, 1.165) is 22.7 Å². The Kier molecular flexibility index (Phi) is 7.18. The Bertz CT molecular complexity index is 2840. The smallest absolute Gasteiger partial charge is 0.0541 e. The molecule has 10 rings (SSSR count). The maximum atomic E-state index is 2.41. The van der Waals surface area contributed by atoms with Crippen LogP contribution in [0.5, 0.6) is 0 Å². The maximum absolute atomic E-state index is 2.41. The molecule has 0 saturated carbocycles. The fourth-order valence-electron chi connectivity index (χ4n) is 7.94. The predicted octanol–water partition coefficient (Wildman–Crippen LogP) is 13.9. The zero-order valence-corrected chi connectivity index (χ0v) is 28.5. The van der Waals surface area contributed by atoms with Crippen molar-refractivity contribution < 1.29 is 0 Å². The van der Waals surface area contributed by atoms with Crippen molar-refractivity contribution in [2.24, 2.45) is 0 Å². The van der Waals surface area contributed by atoms with Crippen LogP contribution in [-0.4, -0.2) is 4.57 Å². The summed E-state index contributed by atoms with van der Waals surface area (Å²) < 4.78 is 2.41. The number of benzene rings is 9. The number of hydrogen-bond acceptors (Lipinski definition) is 1. The molecule has 0 saturated heterocycles. The van der Waals surface area contributed by atoms with E-state index in [1.165, 1.54) is 65.6 Å². The number of aromatic nitrogens is 1. The molecule has 0 atom stereocenters. The summed E-state index contributed by atoms with van der Waals surface area (Å²) in [5, 5.41) is 7.42. The molecule has 0 aliphatic heterocycles. The van der Waals surface area contributed by atoms with Gasteiger partial charge in [0.1, 0.15) is 0 Å². The van der Waals surface area contributed by atoms with Crippen LogP contribution in [0.3, 0.4) is 0 Å². The summed E-state index contributed by atoms with van der Waals surface area (Å²) in [6.07, 6.45) is 0. The van der Waals surface area contributed by atoms with Gasteiger partial charge >= 0.3 is 0 Å². The molecule has 0 radical (unpaired) electrons. The summed E-state index contributed by atoms with van der Waals surface area (Å²) in [5.41, 5.74) is 11.7. The zero-order chi connectivity index (χ0) is 34.4. The van der Waals surface area contributed by atoms with E-state index in [1.807, 2.05) is 0 Å². The first-order chi connectivity index (χ1) is 25.8. The lowest BCUT2D eigenvalue weighted by atomic mass is 9.96. The summed E-state index contributed by atoms with van der Waals surface area (Å²) in [5.74, 6) is 0. The molecule has 1 heterocycles. The summed E-state index contributed by atoms with van der Waals surface area (Å²) >= 11 is 0. The van der Waals surface area contributed by atoms with Crippen molar-refractivity contribution in [3.05, 3.63) is 206 Å². The van der Waals surface area contributed by atoms with Gasteiger partial charge in [0.2, 0.25) is 0 Å². The highest BCUT2D eigenvalue weighted by Gasteiger charge is 2.18. The fourth-order valence-corrected chi connectivity index (χ4v) is 7.94. The Balaban J connectivity index is 1.14. The second kappa shape index (κ2) is 12.5. The molecule has 9 aromatic carbocycles. The third-order valence-electron chi connectivity index (χ3n) is 10.3. The number of nitrogens with zero attached hydrogens (tertiary/aromatic N) is 2. The molecule has 0 N–H and O–H groups in total. The largest absolute Gasteiger partial charge is 0.310 e. The molecule has 0 unspecified atom stereocenters. The van der Waals surface area contributed by atoms with Gasteiger partial charge in [-0.15, -0.1) is 0 Å². The van der Waals surface area contributed by atoms with E-state index in [0.29, 0.717) is 0 Å². The molecule has 1 aromatic heterocycles. The summed E-state index contributed by atoms with van der Waals surface area (Å²) in [6.45, 7) is 0. The number of hydrogen-bond donors (Lipinski definition) is 0. The van der Waals surface area contributed by atoms with E-state index in [4.69, 9.17) is 0 Å². The van der Waals surface area contributed by atoms with Gasteiger partial charge < -0.3 is 9.47 Å². The van der Waals surface area contributed by atoms with Crippen LogP contribution in [0.1, 0.15) is 0 Å². The quantitative estimate of drug-likeness (QED) is 0.172. The van der Waals surface area contributed by atoms with Crippen molar-refractivity contribution in [1.82, 2.24) is 4.57 Å². The standard InChI is InChI=1S/C50H34N2/c1-2-14-35(15-3-1)38-19-12-20-41(32-38)51(48-27-13-18-36-16-4-7-22-44(36)48)40-30-28-37(29-31-40)47-34-42(33-39-17-5-6-21-43(39)47)52-49-25-10-8-23-45(49)46-24-9-11-26-50(46)52/h1-34H. The highest BCUT2D eigenvalue weighted by molar-refractivity contribution is 6.10. The minimum Gasteiger partial charge on any atom is -0.310 e. The van der Waals surface area contributed by atoms with Crippen LogP contribution in [0.4, 0.5) is 17.1 Å². The van der Waals surface area contributed by atoms with Crippen LogP contribution >= 0.6 is 0 Å². The molecule has 244 valence electrons. The van der Waals surface area contributed by atoms with E-state index >= 15 is 0 Å². The monoisotopic (exact) mass is 662 g/mol. The van der Waals surface area contributed by atoms with Crippen LogP contribution in [0.15, 0.2) is 206 Å². The minimum atomic E-state index is 1.10. The minimum absolute atomic E-state index is 1.10. The van der Waals surface area contributed by atoms with Crippen LogP contribution in [0.2, 0.25) is 0 Å². The van der Waals surface area contributed by atoms with Crippen molar-refractivity contribution in [2.75, 3.05) is 4.90 Å². The van der Waals surface area contributed by atoms with Crippen LogP contribution in [0.25, 0.3) is 71.3 Å². The first-order valence-electron chi connectivity index (χ1n) is 17.9. The van der Waals surface area contributed by atoms with Gasteiger partial charge in [-0.05, 0) is 93.0 Å². The Morgan fingerprint density at radius 1 is 0.327 bits per heavy atom. The first kappa shape index (κ1) is 30.0. The van der Waals surface area contributed by atoms with Gasteiger partial charge in [-0.3, -0.25) is 0 Å². The first-order valence-corrected chi connectivity index (χ1v) is 17.9. The molecule has 0 bridgehead atoms. The van der Waals surface area contributed by atoms with Crippen molar-refractivity contribution in [1.29, 1.82) is 0 Å². The van der Waals surface area contributed by atoms with Crippen LogP contribution < -0.4 is 4.90 Å². The molecule has 2 nitrogen and oxygen atoms in total. The molecule has 0 amide bonds. The molecular formula is C50H34N2. The Hall–Kier alpha value is -6.90. The normalized spacial score (nSPS) is 11.5. The Morgan fingerprint density at radius 2 is 0.904 bits per heavy atom. The van der Waals surface area contributed by atoms with Crippen molar-refractivity contribution >= 4 is 60.4 Å². The molecule has 0 spiro atoms. The molecule has 0 aliphatic carbocycles. The van der Waals surface area contributed by atoms with Crippen molar-refractivity contribution in [3.63, 3.8) is 0 Å². The van der Waals surface area contributed by atoms with Gasteiger partial charge in [0.15, 0.2) is 0 Å². The van der Waals surface area contributed by atoms with Gasteiger partial charge in [0, 0.05) is 33.2 Å². The second-order valence-electron chi connectivity index (χ2n) is 13.4. The van der Waals surface area contributed by atoms with Gasteiger partial charge in [-0.2, -0.15) is 0 Å². The maximum Gasteiger partial charge on any atom is 0.0541 e. The number of anilines is 3. The van der Waals surface area contributed by atoms with E-state index in [1.54, 1.807) is 0 Å². The third-order valence-corrected chi connectivity index (χ3v) is 10.3. The highest BCUT2D eigenvalue weighted by atomic mass is 15.1. The average Bonchev–Trinajstić information content (AvgIpc) is 3.56. The van der Waals surface area contributed by atoms with Crippen LogP contribution in [0, 0.1) is 0 Å². The fraction of sp³-hybridized carbons (Fsp3) is 0. The van der Waals surface area contributed by atoms with Crippen molar-refractivity contribution in [3.8, 4) is 27.9 Å². The number of rotatable bonds is 6. The van der Waals surface area contributed by atoms with Gasteiger partial charge in [0.25, 0.3) is 0 Å². The van der Waals surface area contributed by atoms with Gasteiger partial charge in [-0.25, -0.2) is 0 Å². The van der Waals surface area contributed by atoms with E-state index in [9.17, 15) is 0 Å². The van der Waals surface area contributed by atoms with E-state index < -0.39 is 0 Å². The molecule has 0 fully saturated rings. The number of para-hydroxylation sites is 2. The lowest BCUT2D eigenvalue weighted by Gasteiger charge is -2.27. The molecular weight excluding hydrogens is 629 g/mol. The Morgan fingerprint density at radius 3 is 1.65 bits per heavy atom. The summed E-state index contributed by atoms with van der Waals surface area (Å²) in [6, 6.07) is 74.7. The van der Waals surface area contributed by atoms with E-state index in [2.05, 4.69) is 216 Å². The van der Waals surface area contributed by atoms with Gasteiger partial charge in [-0.1, -0.05) is 152 Å². The predicted molar refractivity (Wildman–Crippen MR) is 221 cm³/mol. The lowest BCUT2D eigenvalue weighted by molar-refractivity contribution is 1.19. The summed E-state index contributed by atoms with van der Waals surface area (Å²) in [7, 11) is 0. The third kappa shape index (κ3) is 5.04. The molecule has 0 aliphatic rings. The Labute approximate surface area is 303 Å². The highest BCUT2D eigenvalue weighted by Crippen LogP contribution is 2.42. The topological polar surface area (TPSA) is 8.17 Å². The second-order valence-corrected chi connectivity index (χ2v) is 13.4. The number of fused-ring (bicyclic) bond motifs is 5. The van der Waals surface area contributed by atoms with Crippen LogP contribution in [-0.2, 0) is 0 Å². The van der Waals surface area contributed by atoms with Gasteiger partial charge in [0.05, 0.1) is 16.7 Å². The van der Waals surface area contributed by atoms with E-state index in [-0.39, 0.29) is 0 Å². The zero-order valence-electron chi connectivity index (χ0n) is 28.5. The molecule has 52 heavy (non-hydrogen) atoms.